The normalized spacial score (nSPS) is 24.2. The van der Waals surface area contributed by atoms with Crippen molar-refractivity contribution >= 4 is 17.6 Å². The zero-order valence-electron chi connectivity index (χ0n) is 13.7. The van der Waals surface area contributed by atoms with Crippen molar-refractivity contribution in [3.8, 4) is 0 Å². The van der Waals surface area contributed by atoms with Gasteiger partial charge >= 0.3 is 5.97 Å². The summed E-state index contributed by atoms with van der Waals surface area (Å²) in [4.78, 5) is 21.2. The van der Waals surface area contributed by atoms with Gasteiger partial charge in [-0.1, -0.05) is 23.7 Å². The van der Waals surface area contributed by atoms with E-state index < -0.39 is 5.54 Å². The van der Waals surface area contributed by atoms with Gasteiger partial charge in [0.2, 0.25) is 0 Å². The molecule has 0 bridgehead atoms. The average molecular weight is 350 g/mol. The molecule has 24 heavy (non-hydrogen) atoms. The second kappa shape index (κ2) is 6.93. The fraction of sp³-hybridized carbons (Fsp3) is 0.412. The molecule has 1 aliphatic heterocycles. The summed E-state index contributed by atoms with van der Waals surface area (Å²) in [5.41, 5.74) is 0.698. The summed E-state index contributed by atoms with van der Waals surface area (Å²) in [6.45, 7) is 2.30. The molecule has 1 aromatic carbocycles. The van der Waals surface area contributed by atoms with Crippen molar-refractivity contribution in [2.24, 2.45) is 0 Å². The molecule has 6 nitrogen and oxygen atoms in total. The minimum atomic E-state index is -0.393. The Morgan fingerprint density at radius 3 is 2.83 bits per heavy atom. The third-order valence-electron chi connectivity index (χ3n) is 4.33. The first-order chi connectivity index (χ1) is 11.5. The number of imidazole rings is 1. The van der Waals surface area contributed by atoms with E-state index in [9.17, 15) is 4.79 Å². The van der Waals surface area contributed by atoms with Crippen molar-refractivity contribution in [1.82, 2.24) is 14.6 Å². The van der Waals surface area contributed by atoms with E-state index in [1.54, 1.807) is 12.5 Å². The molecule has 0 saturated carbocycles. The van der Waals surface area contributed by atoms with E-state index in [1.807, 2.05) is 47.1 Å². The Hall–Kier alpha value is -1.89. The molecule has 0 spiro atoms. The van der Waals surface area contributed by atoms with Crippen LogP contribution in [0.4, 0.5) is 0 Å². The molecule has 2 atom stereocenters. The Bertz CT molecular complexity index is 690. The minimum Gasteiger partial charge on any atom is -0.463 e. The molecule has 1 saturated heterocycles. The van der Waals surface area contributed by atoms with Gasteiger partial charge in [-0.2, -0.15) is 5.06 Å². The molecule has 1 aliphatic rings. The molecule has 0 N–H and O–H groups in total. The van der Waals surface area contributed by atoms with Crippen molar-refractivity contribution in [2.45, 2.75) is 31.5 Å². The first-order valence-corrected chi connectivity index (χ1v) is 8.13. The first-order valence-electron chi connectivity index (χ1n) is 7.75. The fourth-order valence-corrected chi connectivity index (χ4v) is 3.29. The van der Waals surface area contributed by atoms with Gasteiger partial charge in [-0.15, -0.1) is 0 Å². The van der Waals surface area contributed by atoms with E-state index in [0.29, 0.717) is 18.0 Å². The maximum absolute atomic E-state index is 11.1. The largest absolute Gasteiger partial charge is 0.463 e. The standard InChI is InChI=1S/C17H20ClN3O3/c1-13(22)23-10-16-9-17(20(2)24-16,11-21-8-7-19-12-21)14-3-5-15(18)6-4-14/h3-8,12,16H,9-11H2,1-2H3. The van der Waals surface area contributed by atoms with E-state index >= 15 is 0 Å². The maximum atomic E-state index is 11.1. The predicted molar refractivity (Wildman–Crippen MR) is 89.2 cm³/mol. The lowest BCUT2D eigenvalue weighted by Crippen LogP contribution is -2.41. The number of carbonyl (C=O) groups excluding carboxylic acids is 1. The zero-order valence-corrected chi connectivity index (χ0v) is 14.4. The van der Waals surface area contributed by atoms with Gasteiger partial charge in [-0.25, -0.2) is 4.98 Å². The lowest BCUT2D eigenvalue weighted by molar-refractivity contribution is -0.186. The lowest BCUT2D eigenvalue weighted by Gasteiger charge is -2.34. The number of ether oxygens (including phenoxy) is 1. The zero-order chi connectivity index (χ0) is 17.2. The quantitative estimate of drug-likeness (QED) is 0.777. The Balaban J connectivity index is 1.90. The summed E-state index contributed by atoms with van der Waals surface area (Å²) >= 11 is 6.04. The third-order valence-corrected chi connectivity index (χ3v) is 4.58. The van der Waals surface area contributed by atoms with E-state index in [-0.39, 0.29) is 18.7 Å². The Labute approximate surface area is 145 Å². The van der Waals surface area contributed by atoms with Gasteiger partial charge in [0.15, 0.2) is 0 Å². The SMILES string of the molecule is CC(=O)OCC1CC(Cn2ccnc2)(c2ccc(Cl)cc2)N(C)O1. The second-order valence-corrected chi connectivity index (χ2v) is 6.44. The number of esters is 1. The molecule has 1 aromatic heterocycles. The summed E-state index contributed by atoms with van der Waals surface area (Å²) in [5.74, 6) is -0.306. The summed E-state index contributed by atoms with van der Waals surface area (Å²) in [7, 11) is 1.90. The highest BCUT2D eigenvalue weighted by Gasteiger charge is 2.47. The number of hydroxylamine groups is 2. The molecule has 2 heterocycles. The molecule has 0 aliphatic carbocycles. The monoisotopic (exact) mass is 349 g/mol. The van der Waals surface area contributed by atoms with Crippen LogP contribution in [0.3, 0.4) is 0 Å². The van der Waals surface area contributed by atoms with Gasteiger partial charge in [-0.3, -0.25) is 9.63 Å². The van der Waals surface area contributed by atoms with Crippen LogP contribution in [0, 0.1) is 0 Å². The van der Waals surface area contributed by atoms with Crippen LogP contribution < -0.4 is 0 Å². The Morgan fingerprint density at radius 1 is 1.46 bits per heavy atom. The van der Waals surface area contributed by atoms with Crippen molar-refractivity contribution in [2.75, 3.05) is 13.7 Å². The molecule has 0 radical (unpaired) electrons. The topological polar surface area (TPSA) is 56.6 Å². The van der Waals surface area contributed by atoms with Gasteiger partial charge in [0.1, 0.15) is 12.7 Å². The molecular weight excluding hydrogens is 330 g/mol. The van der Waals surface area contributed by atoms with E-state index in [4.69, 9.17) is 21.2 Å². The highest BCUT2D eigenvalue weighted by Crippen LogP contribution is 2.41. The molecule has 0 amide bonds. The van der Waals surface area contributed by atoms with Gasteiger partial charge < -0.3 is 9.30 Å². The number of hydrogen-bond acceptors (Lipinski definition) is 5. The molecule has 1 fully saturated rings. The number of aromatic nitrogens is 2. The summed E-state index contributed by atoms with van der Waals surface area (Å²) in [6, 6.07) is 7.76. The van der Waals surface area contributed by atoms with Crippen LogP contribution in [0.5, 0.6) is 0 Å². The van der Waals surface area contributed by atoms with Gasteiger partial charge in [0, 0.05) is 44.4 Å². The van der Waals surface area contributed by atoms with E-state index in [0.717, 1.165) is 5.56 Å². The Morgan fingerprint density at radius 2 is 2.21 bits per heavy atom. The molecule has 2 aromatic rings. The van der Waals surface area contributed by atoms with Crippen molar-refractivity contribution in [1.29, 1.82) is 0 Å². The number of nitrogens with zero attached hydrogens (tertiary/aromatic N) is 3. The number of benzene rings is 1. The van der Waals surface area contributed by atoms with Gasteiger partial charge in [0.05, 0.1) is 11.9 Å². The highest BCUT2D eigenvalue weighted by atomic mass is 35.5. The molecule has 2 unspecified atom stereocenters. The molecule has 3 rings (SSSR count). The van der Waals surface area contributed by atoms with Crippen LogP contribution in [0.25, 0.3) is 0 Å². The summed E-state index contributed by atoms with van der Waals surface area (Å²) in [5, 5.41) is 2.54. The summed E-state index contributed by atoms with van der Waals surface area (Å²) < 4.78 is 7.14. The summed E-state index contributed by atoms with van der Waals surface area (Å²) in [6.07, 6.45) is 5.95. The average Bonchev–Trinajstić information content (AvgIpc) is 3.15. The van der Waals surface area contributed by atoms with Crippen LogP contribution >= 0.6 is 11.6 Å². The lowest BCUT2D eigenvalue weighted by atomic mass is 9.85. The van der Waals surface area contributed by atoms with Crippen LogP contribution in [0.2, 0.25) is 5.02 Å². The van der Waals surface area contributed by atoms with E-state index in [1.165, 1.54) is 6.92 Å². The smallest absolute Gasteiger partial charge is 0.302 e. The molecule has 7 heteroatoms. The van der Waals surface area contributed by atoms with Crippen molar-refractivity contribution < 1.29 is 14.4 Å². The van der Waals surface area contributed by atoms with Gasteiger partial charge in [-0.05, 0) is 17.7 Å². The number of hydrogen-bond donors (Lipinski definition) is 0. The second-order valence-electron chi connectivity index (χ2n) is 6.01. The number of likely N-dealkylation sites (N-methyl/N-ethyl adjacent to an activating group) is 1. The van der Waals surface area contributed by atoms with E-state index in [2.05, 4.69) is 4.98 Å². The molecule has 128 valence electrons. The highest BCUT2D eigenvalue weighted by molar-refractivity contribution is 6.30. The van der Waals surface area contributed by atoms with Crippen LogP contribution in [-0.2, 0) is 26.5 Å². The predicted octanol–water partition coefficient (Wildman–Crippen LogP) is 2.63. The van der Waals surface area contributed by atoms with Crippen LogP contribution in [-0.4, -0.2) is 40.3 Å². The van der Waals surface area contributed by atoms with Crippen molar-refractivity contribution in [3.63, 3.8) is 0 Å². The molecular formula is C17H20ClN3O3. The number of carbonyl (C=O) groups is 1. The van der Waals surface area contributed by atoms with Crippen LogP contribution in [0.15, 0.2) is 43.0 Å². The van der Waals surface area contributed by atoms with Crippen molar-refractivity contribution in [3.05, 3.63) is 53.6 Å². The minimum absolute atomic E-state index is 0.196. The maximum Gasteiger partial charge on any atom is 0.302 e. The number of halogens is 1. The van der Waals surface area contributed by atoms with Gasteiger partial charge in [0.25, 0.3) is 0 Å². The number of rotatable bonds is 5. The Kier molecular flexibility index (Phi) is 4.89. The fourth-order valence-electron chi connectivity index (χ4n) is 3.16. The third kappa shape index (κ3) is 3.45. The first kappa shape index (κ1) is 17.0. The van der Waals surface area contributed by atoms with Crippen LogP contribution in [0.1, 0.15) is 18.9 Å².